The lowest BCUT2D eigenvalue weighted by Gasteiger charge is -2.18. The highest BCUT2D eigenvalue weighted by Crippen LogP contribution is 2.27. The minimum atomic E-state index is -0.541. The average molecular weight is 281 g/mol. The maximum atomic E-state index is 13.2. The van der Waals surface area contributed by atoms with Gasteiger partial charge in [0.2, 0.25) is 0 Å². The summed E-state index contributed by atoms with van der Waals surface area (Å²) in [4.78, 5) is 12.0. The van der Waals surface area contributed by atoms with Gasteiger partial charge < -0.3 is 15.2 Å². The summed E-state index contributed by atoms with van der Waals surface area (Å²) in [6.07, 6.45) is 3.72. The Morgan fingerprint density at radius 1 is 1.50 bits per heavy atom. The summed E-state index contributed by atoms with van der Waals surface area (Å²) in [6, 6.07) is 3.79. The Labute approximate surface area is 117 Å². The second-order valence-corrected chi connectivity index (χ2v) is 5.17. The molecular weight excluding hydrogens is 261 g/mol. The molecule has 20 heavy (non-hydrogen) atoms. The topological polar surface area (TPSA) is 58.6 Å². The highest BCUT2D eigenvalue weighted by Gasteiger charge is 2.24. The van der Waals surface area contributed by atoms with Gasteiger partial charge in [-0.15, -0.1) is 0 Å². The van der Waals surface area contributed by atoms with Gasteiger partial charge in [-0.1, -0.05) is 12.8 Å². The number of nitrogens with one attached hydrogen (secondary N) is 1. The Bertz CT molecular complexity index is 472. The van der Waals surface area contributed by atoms with Crippen LogP contribution in [0.25, 0.3) is 0 Å². The van der Waals surface area contributed by atoms with E-state index >= 15 is 0 Å². The van der Waals surface area contributed by atoms with Gasteiger partial charge in [0.1, 0.15) is 11.6 Å². The van der Waals surface area contributed by atoms with Crippen LogP contribution >= 0.6 is 0 Å². The first-order valence-corrected chi connectivity index (χ1v) is 6.91. The number of carbonyl (C=O) groups excluding carboxylic acids is 1. The number of rotatable bonds is 5. The summed E-state index contributed by atoms with van der Waals surface area (Å²) in [5.41, 5.74) is 0.145. The van der Waals surface area contributed by atoms with E-state index in [1.165, 1.54) is 19.2 Å². The first-order valence-electron chi connectivity index (χ1n) is 6.91. The third kappa shape index (κ3) is 3.48. The quantitative estimate of drug-likeness (QED) is 0.869. The van der Waals surface area contributed by atoms with Gasteiger partial charge in [0, 0.05) is 6.54 Å². The van der Waals surface area contributed by atoms with Gasteiger partial charge in [-0.25, -0.2) is 4.39 Å². The van der Waals surface area contributed by atoms with E-state index < -0.39 is 17.8 Å². The Balaban J connectivity index is 1.95. The summed E-state index contributed by atoms with van der Waals surface area (Å²) in [5.74, 6) is -0.352. The van der Waals surface area contributed by atoms with Crippen LogP contribution < -0.4 is 10.1 Å². The second kappa shape index (κ2) is 6.70. The van der Waals surface area contributed by atoms with Crippen LogP contribution in [0.2, 0.25) is 0 Å². The molecule has 2 rings (SSSR count). The molecule has 1 fully saturated rings. The van der Waals surface area contributed by atoms with Crippen molar-refractivity contribution in [1.82, 2.24) is 5.32 Å². The summed E-state index contributed by atoms with van der Waals surface area (Å²) in [5, 5.41) is 12.6. The maximum Gasteiger partial charge on any atom is 0.255 e. The van der Waals surface area contributed by atoms with E-state index in [0.29, 0.717) is 5.75 Å². The Kier molecular flexibility index (Phi) is 4.95. The number of carbonyl (C=O) groups is 1. The van der Waals surface area contributed by atoms with Crippen LogP contribution in [0, 0.1) is 11.7 Å². The highest BCUT2D eigenvalue weighted by atomic mass is 19.1. The number of amides is 1. The van der Waals surface area contributed by atoms with Gasteiger partial charge in [-0.2, -0.15) is 0 Å². The molecular formula is C15H20FNO3. The molecule has 4 nitrogen and oxygen atoms in total. The number of methoxy groups -OCH3 is 1. The molecule has 0 bridgehead atoms. The number of aliphatic hydroxyl groups excluding tert-OH is 1. The molecule has 0 aliphatic heterocycles. The zero-order valence-corrected chi connectivity index (χ0v) is 11.6. The standard InChI is InChI=1S/C15H20FNO3/c1-20-14-7-6-11(16)8-12(14)15(19)17-9-13(18)10-4-2-3-5-10/h6-8,10,13,18H,2-5,9H2,1H3,(H,17,19). The van der Waals surface area contributed by atoms with Crippen molar-refractivity contribution in [3.05, 3.63) is 29.6 Å². The van der Waals surface area contributed by atoms with Gasteiger partial charge in [0.25, 0.3) is 5.91 Å². The second-order valence-electron chi connectivity index (χ2n) is 5.17. The fourth-order valence-corrected chi connectivity index (χ4v) is 2.66. The fraction of sp³-hybridized carbons (Fsp3) is 0.533. The first-order chi connectivity index (χ1) is 9.61. The SMILES string of the molecule is COc1ccc(F)cc1C(=O)NCC(O)C1CCCC1. The molecule has 2 N–H and O–H groups in total. The molecule has 1 aromatic carbocycles. The van der Waals surface area contributed by atoms with Crippen molar-refractivity contribution in [3.63, 3.8) is 0 Å². The molecule has 0 aromatic heterocycles. The first kappa shape index (κ1) is 14.8. The van der Waals surface area contributed by atoms with Crippen LogP contribution in [0.4, 0.5) is 4.39 Å². The van der Waals surface area contributed by atoms with Crippen molar-refractivity contribution in [2.45, 2.75) is 31.8 Å². The van der Waals surface area contributed by atoms with Gasteiger partial charge in [0.15, 0.2) is 0 Å². The number of aliphatic hydroxyl groups is 1. The molecule has 1 atom stereocenters. The van der Waals surface area contributed by atoms with E-state index in [2.05, 4.69) is 5.32 Å². The van der Waals surface area contributed by atoms with Crippen molar-refractivity contribution in [3.8, 4) is 5.75 Å². The molecule has 5 heteroatoms. The van der Waals surface area contributed by atoms with E-state index in [1.807, 2.05) is 0 Å². The van der Waals surface area contributed by atoms with Gasteiger partial charge in [-0.05, 0) is 37.0 Å². The fourth-order valence-electron chi connectivity index (χ4n) is 2.66. The lowest BCUT2D eigenvalue weighted by Crippen LogP contribution is -2.35. The summed E-state index contributed by atoms with van der Waals surface area (Å²) >= 11 is 0. The van der Waals surface area contributed by atoms with Crippen LogP contribution in [0.1, 0.15) is 36.0 Å². The molecule has 110 valence electrons. The minimum Gasteiger partial charge on any atom is -0.496 e. The Morgan fingerprint density at radius 2 is 2.20 bits per heavy atom. The maximum absolute atomic E-state index is 13.2. The van der Waals surface area contributed by atoms with Gasteiger partial charge in [0.05, 0.1) is 18.8 Å². The van der Waals surface area contributed by atoms with Crippen LogP contribution in [0.15, 0.2) is 18.2 Å². The van der Waals surface area contributed by atoms with Crippen molar-refractivity contribution < 1.29 is 19.0 Å². The summed E-state index contributed by atoms with van der Waals surface area (Å²) in [6.45, 7) is 0.184. The van der Waals surface area contributed by atoms with Crippen molar-refractivity contribution in [1.29, 1.82) is 0 Å². The van der Waals surface area contributed by atoms with Crippen molar-refractivity contribution in [2.75, 3.05) is 13.7 Å². The predicted octanol–water partition coefficient (Wildman–Crippen LogP) is 2.12. The zero-order chi connectivity index (χ0) is 14.5. The molecule has 1 aromatic rings. The molecule has 0 saturated heterocycles. The normalized spacial score (nSPS) is 16.9. The number of hydrogen-bond donors (Lipinski definition) is 2. The number of benzene rings is 1. The van der Waals surface area contributed by atoms with Gasteiger partial charge in [-0.3, -0.25) is 4.79 Å². The van der Waals surface area contributed by atoms with Crippen LogP contribution in [-0.2, 0) is 0 Å². The molecule has 1 unspecified atom stereocenters. The molecule has 1 amide bonds. The lowest BCUT2D eigenvalue weighted by molar-refractivity contribution is 0.0838. The van der Waals surface area contributed by atoms with E-state index in [4.69, 9.17) is 4.74 Å². The monoisotopic (exact) mass is 281 g/mol. The highest BCUT2D eigenvalue weighted by molar-refractivity contribution is 5.96. The average Bonchev–Trinajstić information content (AvgIpc) is 2.98. The van der Waals surface area contributed by atoms with E-state index in [0.717, 1.165) is 31.7 Å². The Morgan fingerprint density at radius 3 is 2.85 bits per heavy atom. The third-order valence-corrected chi connectivity index (χ3v) is 3.82. The van der Waals surface area contributed by atoms with Crippen molar-refractivity contribution >= 4 is 5.91 Å². The van der Waals surface area contributed by atoms with E-state index in [-0.39, 0.29) is 18.0 Å². The van der Waals surface area contributed by atoms with Crippen LogP contribution in [-0.4, -0.2) is 30.8 Å². The zero-order valence-electron chi connectivity index (χ0n) is 11.6. The van der Waals surface area contributed by atoms with Crippen LogP contribution in [0.5, 0.6) is 5.75 Å². The molecule has 0 heterocycles. The van der Waals surface area contributed by atoms with Gasteiger partial charge >= 0.3 is 0 Å². The van der Waals surface area contributed by atoms with E-state index in [9.17, 15) is 14.3 Å². The number of ether oxygens (including phenoxy) is 1. The van der Waals surface area contributed by atoms with Crippen molar-refractivity contribution in [2.24, 2.45) is 5.92 Å². The number of halogens is 1. The van der Waals surface area contributed by atoms with Crippen LogP contribution in [0.3, 0.4) is 0 Å². The molecule has 0 radical (unpaired) electrons. The smallest absolute Gasteiger partial charge is 0.255 e. The molecule has 1 saturated carbocycles. The molecule has 1 aliphatic carbocycles. The van der Waals surface area contributed by atoms with E-state index in [1.54, 1.807) is 0 Å². The molecule has 0 spiro atoms. The lowest BCUT2D eigenvalue weighted by atomic mass is 10.0. The Hall–Kier alpha value is -1.62. The number of hydrogen-bond acceptors (Lipinski definition) is 3. The third-order valence-electron chi connectivity index (χ3n) is 3.82. The summed E-state index contributed by atoms with van der Waals surface area (Å²) in [7, 11) is 1.43. The minimum absolute atomic E-state index is 0.145. The molecule has 1 aliphatic rings. The summed E-state index contributed by atoms with van der Waals surface area (Å²) < 4.78 is 18.2. The largest absolute Gasteiger partial charge is 0.496 e. The predicted molar refractivity (Wildman–Crippen MR) is 73.3 cm³/mol.